The molecule has 2 aliphatic heterocycles. The van der Waals surface area contributed by atoms with Gasteiger partial charge in [-0.05, 0) is 38.0 Å². The fourth-order valence-electron chi connectivity index (χ4n) is 3.68. The smallest absolute Gasteiger partial charge is 0.247 e. The van der Waals surface area contributed by atoms with Crippen molar-refractivity contribution >= 4 is 23.4 Å². The summed E-state index contributed by atoms with van der Waals surface area (Å²) < 4.78 is 0. The molecule has 25 heavy (non-hydrogen) atoms. The Morgan fingerprint density at radius 1 is 1.16 bits per heavy atom. The van der Waals surface area contributed by atoms with Crippen molar-refractivity contribution in [3.63, 3.8) is 0 Å². The van der Waals surface area contributed by atoms with Gasteiger partial charge in [0.05, 0.1) is 6.42 Å². The minimum absolute atomic E-state index is 0.0384. The van der Waals surface area contributed by atoms with Crippen LogP contribution >= 0.6 is 0 Å². The van der Waals surface area contributed by atoms with Crippen LogP contribution in [-0.4, -0.2) is 59.7 Å². The maximum atomic E-state index is 12.8. The fourth-order valence-corrected chi connectivity index (χ4v) is 3.68. The van der Waals surface area contributed by atoms with Crippen LogP contribution in [0.25, 0.3) is 0 Å². The molecule has 134 valence electrons. The van der Waals surface area contributed by atoms with Crippen LogP contribution in [0.2, 0.25) is 0 Å². The lowest BCUT2D eigenvalue weighted by molar-refractivity contribution is -0.156. The SMILES string of the molecule is CN1CCN(C(=O)Cc2cccc(N3CCCC3=O)c2)C(C)(C)C1=O. The number of carbonyl (C=O) groups excluding carboxylic acids is 3. The molecule has 3 rings (SSSR count). The van der Waals surface area contributed by atoms with Crippen molar-refractivity contribution in [1.29, 1.82) is 0 Å². The van der Waals surface area contributed by atoms with E-state index >= 15 is 0 Å². The molecule has 1 aromatic rings. The molecule has 0 bridgehead atoms. The lowest BCUT2D eigenvalue weighted by atomic mass is 9.96. The summed E-state index contributed by atoms with van der Waals surface area (Å²) >= 11 is 0. The third-order valence-electron chi connectivity index (χ3n) is 5.16. The topological polar surface area (TPSA) is 60.9 Å². The van der Waals surface area contributed by atoms with Crippen LogP contribution in [0.3, 0.4) is 0 Å². The Morgan fingerprint density at radius 3 is 2.60 bits per heavy atom. The average molecular weight is 343 g/mol. The Balaban J connectivity index is 1.75. The minimum atomic E-state index is -0.827. The molecule has 0 radical (unpaired) electrons. The molecular formula is C19H25N3O3. The van der Waals surface area contributed by atoms with E-state index in [1.165, 1.54) is 0 Å². The second-order valence-corrected chi connectivity index (χ2v) is 7.33. The number of anilines is 1. The van der Waals surface area contributed by atoms with Gasteiger partial charge in [0.2, 0.25) is 17.7 Å². The van der Waals surface area contributed by atoms with Gasteiger partial charge in [-0.15, -0.1) is 0 Å². The molecule has 0 unspecified atom stereocenters. The van der Waals surface area contributed by atoms with Gasteiger partial charge in [-0.2, -0.15) is 0 Å². The van der Waals surface area contributed by atoms with E-state index in [2.05, 4.69) is 0 Å². The normalized spacial score (nSPS) is 20.4. The molecule has 1 aromatic carbocycles. The molecule has 0 saturated carbocycles. The highest BCUT2D eigenvalue weighted by molar-refractivity contribution is 5.96. The van der Waals surface area contributed by atoms with E-state index in [4.69, 9.17) is 0 Å². The highest BCUT2D eigenvalue weighted by Crippen LogP contribution is 2.25. The summed E-state index contributed by atoms with van der Waals surface area (Å²) in [4.78, 5) is 42.2. The number of rotatable bonds is 3. The van der Waals surface area contributed by atoms with E-state index in [1.807, 2.05) is 24.3 Å². The van der Waals surface area contributed by atoms with Crippen molar-refractivity contribution in [2.45, 2.75) is 38.6 Å². The summed E-state index contributed by atoms with van der Waals surface area (Å²) in [5, 5.41) is 0. The van der Waals surface area contributed by atoms with Gasteiger partial charge >= 0.3 is 0 Å². The van der Waals surface area contributed by atoms with Gasteiger partial charge in [0, 0.05) is 38.8 Å². The van der Waals surface area contributed by atoms with Crippen LogP contribution in [0.4, 0.5) is 5.69 Å². The first-order valence-electron chi connectivity index (χ1n) is 8.76. The molecule has 0 aliphatic carbocycles. The first-order chi connectivity index (χ1) is 11.8. The summed E-state index contributed by atoms with van der Waals surface area (Å²) in [5.74, 6) is 0.0362. The third-order valence-corrected chi connectivity index (χ3v) is 5.16. The van der Waals surface area contributed by atoms with Gasteiger partial charge in [-0.3, -0.25) is 14.4 Å². The van der Waals surface area contributed by atoms with Gasteiger partial charge in [-0.1, -0.05) is 12.1 Å². The van der Waals surface area contributed by atoms with Gasteiger partial charge in [0.1, 0.15) is 5.54 Å². The molecule has 2 fully saturated rings. The Labute approximate surface area is 148 Å². The second kappa shape index (κ2) is 6.50. The number of nitrogens with zero attached hydrogens (tertiary/aromatic N) is 3. The summed E-state index contributed by atoms with van der Waals surface area (Å²) in [5.41, 5.74) is 0.887. The maximum Gasteiger partial charge on any atom is 0.247 e. The molecule has 0 aromatic heterocycles. The van der Waals surface area contributed by atoms with Crippen molar-refractivity contribution in [2.75, 3.05) is 31.6 Å². The Hall–Kier alpha value is -2.37. The van der Waals surface area contributed by atoms with Crippen molar-refractivity contribution in [1.82, 2.24) is 9.80 Å². The zero-order valence-electron chi connectivity index (χ0n) is 15.1. The quantitative estimate of drug-likeness (QED) is 0.834. The largest absolute Gasteiger partial charge is 0.342 e. The zero-order valence-corrected chi connectivity index (χ0v) is 15.1. The summed E-state index contributed by atoms with van der Waals surface area (Å²) in [6, 6.07) is 7.59. The zero-order chi connectivity index (χ0) is 18.2. The number of piperazine rings is 1. The van der Waals surface area contributed by atoms with Crippen LogP contribution in [0, 0.1) is 0 Å². The highest BCUT2D eigenvalue weighted by atomic mass is 16.2. The molecule has 2 aliphatic rings. The van der Waals surface area contributed by atoms with E-state index in [1.54, 1.807) is 35.6 Å². The van der Waals surface area contributed by atoms with Crippen LogP contribution in [0.15, 0.2) is 24.3 Å². The van der Waals surface area contributed by atoms with Crippen LogP contribution < -0.4 is 4.90 Å². The third kappa shape index (κ3) is 3.25. The van der Waals surface area contributed by atoms with E-state index in [0.29, 0.717) is 19.5 Å². The summed E-state index contributed by atoms with van der Waals surface area (Å²) in [7, 11) is 1.77. The molecule has 0 N–H and O–H groups in total. The van der Waals surface area contributed by atoms with Crippen LogP contribution in [0.5, 0.6) is 0 Å². The molecule has 2 saturated heterocycles. The molecule has 6 heteroatoms. The van der Waals surface area contributed by atoms with Gasteiger partial charge in [0.25, 0.3) is 0 Å². The Kier molecular flexibility index (Phi) is 4.54. The highest BCUT2D eigenvalue weighted by Gasteiger charge is 2.42. The van der Waals surface area contributed by atoms with Crippen molar-refractivity contribution in [3.05, 3.63) is 29.8 Å². The molecule has 6 nitrogen and oxygen atoms in total. The minimum Gasteiger partial charge on any atom is -0.342 e. The number of amides is 3. The van der Waals surface area contributed by atoms with E-state index in [9.17, 15) is 14.4 Å². The van der Waals surface area contributed by atoms with Crippen molar-refractivity contribution < 1.29 is 14.4 Å². The first-order valence-corrected chi connectivity index (χ1v) is 8.76. The molecule has 3 amide bonds. The predicted molar refractivity (Wildman–Crippen MR) is 95.2 cm³/mol. The average Bonchev–Trinajstić information content (AvgIpc) is 2.99. The van der Waals surface area contributed by atoms with Crippen molar-refractivity contribution in [2.24, 2.45) is 0 Å². The molecule has 2 heterocycles. The lowest BCUT2D eigenvalue weighted by Crippen LogP contribution is -2.63. The molecular weight excluding hydrogens is 318 g/mol. The lowest BCUT2D eigenvalue weighted by Gasteiger charge is -2.44. The van der Waals surface area contributed by atoms with E-state index < -0.39 is 5.54 Å². The number of hydrogen-bond donors (Lipinski definition) is 0. The maximum absolute atomic E-state index is 12.8. The van der Waals surface area contributed by atoms with Gasteiger partial charge in [-0.25, -0.2) is 0 Å². The number of carbonyl (C=O) groups is 3. The van der Waals surface area contributed by atoms with Crippen molar-refractivity contribution in [3.8, 4) is 0 Å². The van der Waals surface area contributed by atoms with E-state index in [0.717, 1.165) is 24.2 Å². The summed E-state index contributed by atoms with van der Waals surface area (Å²) in [6.45, 7) is 5.41. The van der Waals surface area contributed by atoms with Gasteiger partial charge in [0.15, 0.2) is 0 Å². The number of likely N-dealkylation sites (N-methyl/N-ethyl adjacent to an activating group) is 1. The Bertz CT molecular complexity index is 714. The summed E-state index contributed by atoms with van der Waals surface area (Å²) in [6.07, 6.45) is 1.69. The number of hydrogen-bond acceptors (Lipinski definition) is 3. The second-order valence-electron chi connectivity index (χ2n) is 7.33. The van der Waals surface area contributed by atoms with E-state index in [-0.39, 0.29) is 24.1 Å². The monoisotopic (exact) mass is 343 g/mol. The van der Waals surface area contributed by atoms with Gasteiger partial charge < -0.3 is 14.7 Å². The van der Waals surface area contributed by atoms with Crippen LogP contribution in [0.1, 0.15) is 32.3 Å². The standard InChI is InChI=1S/C19H25N3O3/c1-19(2)18(25)20(3)10-11-22(19)17(24)13-14-6-4-7-15(12-14)21-9-5-8-16(21)23/h4,6-7,12H,5,8-11,13H2,1-3H3. The first kappa shape index (κ1) is 17.5. The fraction of sp³-hybridized carbons (Fsp3) is 0.526. The predicted octanol–water partition coefficient (Wildman–Crippen LogP) is 1.44. The van der Waals surface area contributed by atoms with Crippen LogP contribution in [-0.2, 0) is 20.8 Å². The molecule has 0 atom stereocenters. The molecule has 0 spiro atoms. The Morgan fingerprint density at radius 2 is 1.92 bits per heavy atom. The number of benzene rings is 1.